The highest BCUT2D eigenvalue weighted by molar-refractivity contribution is 6.30. The number of phenolic OH excluding ortho intramolecular Hbond substituents is 1. The van der Waals surface area contributed by atoms with E-state index in [9.17, 15) is 5.11 Å². The van der Waals surface area contributed by atoms with Gasteiger partial charge in [0.05, 0.1) is 0 Å². The molecule has 0 aliphatic carbocycles. The van der Waals surface area contributed by atoms with E-state index in [0.29, 0.717) is 21.9 Å². The highest BCUT2D eigenvalue weighted by Crippen LogP contribution is 2.25. The number of halogens is 1. The van der Waals surface area contributed by atoms with Crippen molar-refractivity contribution < 1.29 is 10.3 Å². The van der Waals surface area contributed by atoms with Crippen molar-refractivity contribution in [3.63, 3.8) is 0 Å². The van der Waals surface area contributed by atoms with Gasteiger partial charge in [0, 0.05) is 16.1 Å². The van der Waals surface area contributed by atoms with Crippen LogP contribution in [0.15, 0.2) is 47.6 Å². The largest absolute Gasteiger partial charge is 0.507 e. The molecule has 3 nitrogen and oxygen atoms in total. The third-order valence-electron chi connectivity index (χ3n) is 2.71. The van der Waals surface area contributed by atoms with Gasteiger partial charge < -0.3 is 10.3 Å². The van der Waals surface area contributed by atoms with Gasteiger partial charge in [-0.2, -0.15) is 0 Å². The summed E-state index contributed by atoms with van der Waals surface area (Å²) >= 11 is 5.81. The molecule has 0 heterocycles. The van der Waals surface area contributed by atoms with Crippen LogP contribution in [0.5, 0.6) is 5.75 Å². The summed E-state index contributed by atoms with van der Waals surface area (Å²) in [5.74, 6) is 0.111. The number of rotatable bonds is 2. The van der Waals surface area contributed by atoms with Crippen LogP contribution < -0.4 is 0 Å². The van der Waals surface area contributed by atoms with Gasteiger partial charge in [0.25, 0.3) is 0 Å². The normalized spacial score (nSPS) is 11.6. The van der Waals surface area contributed by atoms with Crippen LogP contribution in [-0.2, 0) is 0 Å². The zero-order valence-corrected chi connectivity index (χ0v) is 10.5. The SMILES string of the molecule is Cc1cccc(C(=NO)c2ccc(Cl)cc2)c1O. The minimum atomic E-state index is 0.111. The lowest BCUT2D eigenvalue weighted by Crippen LogP contribution is -2.04. The highest BCUT2D eigenvalue weighted by atomic mass is 35.5. The van der Waals surface area contributed by atoms with Crippen molar-refractivity contribution in [2.45, 2.75) is 6.92 Å². The molecule has 0 amide bonds. The number of aryl methyl sites for hydroxylation is 1. The summed E-state index contributed by atoms with van der Waals surface area (Å²) in [7, 11) is 0. The van der Waals surface area contributed by atoms with Crippen LogP contribution >= 0.6 is 11.6 Å². The first kappa shape index (κ1) is 12.5. The average molecular weight is 262 g/mol. The lowest BCUT2D eigenvalue weighted by Gasteiger charge is -2.09. The van der Waals surface area contributed by atoms with Gasteiger partial charge in [-0.15, -0.1) is 0 Å². The fourth-order valence-corrected chi connectivity index (χ4v) is 1.85. The van der Waals surface area contributed by atoms with Crippen LogP contribution in [0.2, 0.25) is 5.02 Å². The minimum absolute atomic E-state index is 0.111. The number of hydrogen-bond donors (Lipinski definition) is 2. The molecule has 0 spiro atoms. The maximum Gasteiger partial charge on any atom is 0.128 e. The Kier molecular flexibility index (Phi) is 3.53. The van der Waals surface area contributed by atoms with Gasteiger partial charge in [0.1, 0.15) is 11.5 Å². The Balaban J connectivity index is 2.53. The standard InChI is InChI=1S/C14H12ClNO2/c1-9-3-2-4-12(14(9)17)13(16-18)10-5-7-11(15)8-6-10/h2-8,17-18H,1H3. The van der Waals surface area contributed by atoms with E-state index in [-0.39, 0.29) is 5.75 Å². The van der Waals surface area contributed by atoms with Crippen LogP contribution in [-0.4, -0.2) is 16.0 Å². The quantitative estimate of drug-likeness (QED) is 0.493. The second-order valence-corrected chi connectivity index (χ2v) is 4.36. The zero-order chi connectivity index (χ0) is 13.1. The van der Waals surface area contributed by atoms with Crippen LogP contribution in [0.3, 0.4) is 0 Å². The van der Waals surface area contributed by atoms with Crippen LogP contribution in [0.1, 0.15) is 16.7 Å². The molecule has 0 saturated carbocycles. The van der Waals surface area contributed by atoms with Crippen molar-refractivity contribution in [1.82, 2.24) is 0 Å². The Morgan fingerprint density at radius 1 is 1.11 bits per heavy atom. The van der Waals surface area contributed by atoms with Gasteiger partial charge in [-0.3, -0.25) is 0 Å². The Bertz CT molecular complexity index is 591. The molecule has 2 aromatic carbocycles. The first-order valence-corrected chi connectivity index (χ1v) is 5.78. The number of para-hydroxylation sites is 1. The second kappa shape index (κ2) is 5.10. The Morgan fingerprint density at radius 3 is 2.39 bits per heavy atom. The number of phenols is 1. The fraction of sp³-hybridized carbons (Fsp3) is 0.0714. The van der Waals surface area contributed by atoms with E-state index in [4.69, 9.17) is 16.8 Å². The average Bonchev–Trinajstić information content (AvgIpc) is 2.37. The van der Waals surface area contributed by atoms with E-state index in [0.717, 1.165) is 5.56 Å². The summed E-state index contributed by atoms with van der Waals surface area (Å²) < 4.78 is 0. The van der Waals surface area contributed by atoms with Crippen molar-refractivity contribution in [2.24, 2.45) is 5.16 Å². The molecule has 2 aromatic rings. The number of aromatic hydroxyl groups is 1. The molecule has 0 bridgehead atoms. The maximum absolute atomic E-state index is 10.00. The molecular formula is C14H12ClNO2. The number of hydrogen-bond acceptors (Lipinski definition) is 3. The van der Waals surface area contributed by atoms with E-state index >= 15 is 0 Å². The first-order chi connectivity index (χ1) is 8.63. The molecule has 92 valence electrons. The summed E-state index contributed by atoms with van der Waals surface area (Å²) in [5.41, 5.74) is 2.21. The molecule has 4 heteroatoms. The van der Waals surface area contributed by atoms with Crippen molar-refractivity contribution in [3.05, 3.63) is 64.2 Å². The van der Waals surface area contributed by atoms with E-state index in [1.807, 2.05) is 0 Å². The fourth-order valence-electron chi connectivity index (χ4n) is 1.72. The van der Waals surface area contributed by atoms with E-state index < -0.39 is 0 Å². The van der Waals surface area contributed by atoms with Crippen LogP contribution in [0.25, 0.3) is 0 Å². The first-order valence-electron chi connectivity index (χ1n) is 5.40. The number of benzene rings is 2. The summed E-state index contributed by atoms with van der Waals surface area (Å²) in [5, 5.41) is 23.0. The molecular weight excluding hydrogens is 250 g/mol. The third-order valence-corrected chi connectivity index (χ3v) is 2.96. The highest BCUT2D eigenvalue weighted by Gasteiger charge is 2.13. The van der Waals surface area contributed by atoms with Crippen molar-refractivity contribution in [3.8, 4) is 5.75 Å². The van der Waals surface area contributed by atoms with E-state index in [2.05, 4.69) is 5.16 Å². The van der Waals surface area contributed by atoms with Crippen molar-refractivity contribution in [1.29, 1.82) is 0 Å². The second-order valence-electron chi connectivity index (χ2n) is 3.93. The minimum Gasteiger partial charge on any atom is -0.507 e. The third kappa shape index (κ3) is 2.31. The van der Waals surface area contributed by atoms with E-state index in [1.165, 1.54) is 0 Å². The molecule has 2 rings (SSSR count). The lowest BCUT2D eigenvalue weighted by atomic mass is 9.99. The summed E-state index contributed by atoms with van der Waals surface area (Å²) in [6.07, 6.45) is 0. The lowest BCUT2D eigenvalue weighted by molar-refractivity contribution is 0.319. The molecule has 0 fully saturated rings. The summed E-state index contributed by atoms with van der Waals surface area (Å²) in [4.78, 5) is 0. The summed E-state index contributed by atoms with van der Waals surface area (Å²) in [6.45, 7) is 1.79. The predicted octanol–water partition coefficient (Wildman–Crippen LogP) is 3.58. The molecule has 0 radical (unpaired) electrons. The summed E-state index contributed by atoms with van der Waals surface area (Å²) in [6, 6.07) is 12.2. The molecule has 0 unspecified atom stereocenters. The number of oxime groups is 1. The zero-order valence-electron chi connectivity index (χ0n) is 9.76. The molecule has 0 aliphatic heterocycles. The van der Waals surface area contributed by atoms with Gasteiger partial charge in [0.2, 0.25) is 0 Å². The molecule has 0 atom stereocenters. The van der Waals surface area contributed by atoms with Gasteiger partial charge in [-0.1, -0.05) is 41.0 Å². The molecule has 18 heavy (non-hydrogen) atoms. The predicted molar refractivity (Wildman–Crippen MR) is 71.7 cm³/mol. The molecule has 0 saturated heterocycles. The molecule has 0 aliphatic rings. The van der Waals surface area contributed by atoms with Gasteiger partial charge in [0.15, 0.2) is 0 Å². The van der Waals surface area contributed by atoms with Crippen molar-refractivity contribution >= 4 is 17.3 Å². The Hall–Kier alpha value is -2.00. The van der Waals surface area contributed by atoms with Gasteiger partial charge in [-0.25, -0.2) is 0 Å². The Labute approximate surface area is 110 Å². The monoisotopic (exact) mass is 261 g/mol. The Morgan fingerprint density at radius 2 is 1.78 bits per heavy atom. The van der Waals surface area contributed by atoms with Gasteiger partial charge >= 0.3 is 0 Å². The van der Waals surface area contributed by atoms with E-state index in [1.54, 1.807) is 49.4 Å². The number of nitrogens with zero attached hydrogens (tertiary/aromatic N) is 1. The van der Waals surface area contributed by atoms with Crippen LogP contribution in [0.4, 0.5) is 0 Å². The smallest absolute Gasteiger partial charge is 0.128 e. The van der Waals surface area contributed by atoms with Crippen LogP contribution in [0, 0.1) is 6.92 Å². The van der Waals surface area contributed by atoms with Gasteiger partial charge in [-0.05, 0) is 30.7 Å². The maximum atomic E-state index is 10.00. The molecule has 2 N–H and O–H groups in total. The topological polar surface area (TPSA) is 52.8 Å². The van der Waals surface area contributed by atoms with Crippen molar-refractivity contribution in [2.75, 3.05) is 0 Å². The molecule has 0 aromatic heterocycles.